The van der Waals surface area contributed by atoms with E-state index in [0.29, 0.717) is 5.71 Å². The Morgan fingerprint density at radius 2 is 1.86 bits per heavy atom. The number of halogens is 1. The molecule has 0 spiro atoms. The highest BCUT2D eigenvalue weighted by molar-refractivity contribution is 9.10. The predicted molar refractivity (Wildman–Crippen MR) is 87.0 cm³/mol. The molecule has 0 bridgehead atoms. The number of nitrogens with zero attached hydrogens (tertiary/aromatic N) is 1. The van der Waals surface area contributed by atoms with Crippen molar-refractivity contribution in [1.29, 1.82) is 0 Å². The van der Waals surface area contributed by atoms with Crippen LogP contribution in [0.5, 0.6) is 0 Å². The number of nitrogens with two attached hydrogens (primary N) is 1. The summed E-state index contributed by atoms with van der Waals surface area (Å²) in [6.45, 7) is 1.75. The highest BCUT2D eigenvalue weighted by Crippen LogP contribution is 2.29. The van der Waals surface area contributed by atoms with Gasteiger partial charge in [-0.3, -0.25) is 9.59 Å². The van der Waals surface area contributed by atoms with Crippen LogP contribution in [0.15, 0.2) is 46.0 Å². The quantitative estimate of drug-likeness (QED) is 0.497. The normalized spacial score (nSPS) is 11.2. The average Bonchev–Trinajstić information content (AvgIpc) is 2.94. The van der Waals surface area contributed by atoms with Crippen molar-refractivity contribution in [3.05, 3.63) is 45.7 Å². The number of hydrogen-bond donors (Lipinski definition) is 2. The maximum absolute atomic E-state index is 11.0. The molecule has 0 unspecified atom stereocenters. The molecule has 0 aliphatic carbocycles. The Kier molecular flexibility index (Phi) is 4.87. The van der Waals surface area contributed by atoms with E-state index in [0.717, 1.165) is 19.8 Å². The van der Waals surface area contributed by atoms with E-state index in [-0.39, 0.29) is 0 Å². The van der Waals surface area contributed by atoms with Gasteiger partial charge in [0.25, 0.3) is 0 Å². The SMILES string of the molecule is C/C(=N/NC(=O)C(N)=O)c1ccc(-c2ccc(Br)cc2)s1. The number of hydrazone groups is 1. The summed E-state index contributed by atoms with van der Waals surface area (Å²) in [5.74, 6) is -1.99. The molecular weight excluding hydrogens is 354 g/mol. The Morgan fingerprint density at radius 3 is 2.48 bits per heavy atom. The highest BCUT2D eigenvalue weighted by atomic mass is 79.9. The lowest BCUT2D eigenvalue weighted by molar-refractivity contribution is -0.137. The van der Waals surface area contributed by atoms with Gasteiger partial charge in [-0.15, -0.1) is 11.3 Å². The molecule has 1 heterocycles. The zero-order valence-electron chi connectivity index (χ0n) is 11.1. The third kappa shape index (κ3) is 3.99. The van der Waals surface area contributed by atoms with Crippen molar-refractivity contribution in [2.45, 2.75) is 6.92 Å². The van der Waals surface area contributed by atoms with Crippen molar-refractivity contribution in [3.63, 3.8) is 0 Å². The average molecular weight is 366 g/mol. The Bertz CT molecular complexity index is 707. The van der Waals surface area contributed by atoms with E-state index in [2.05, 4.69) is 26.5 Å². The third-order valence-electron chi connectivity index (χ3n) is 2.64. The van der Waals surface area contributed by atoms with Crippen LogP contribution in [0.25, 0.3) is 10.4 Å². The lowest BCUT2D eigenvalue weighted by Crippen LogP contribution is -2.33. The lowest BCUT2D eigenvalue weighted by Gasteiger charge is -1.99. The highest BCUT2D eigenvalue weighted by Gasteiger charge is 2.09. The number of carbonyl (C=O) groups is 2. The number of rotatable bonds is 3. The van der Waals surface area contributed by atoms with Gasteiger partial charge in [0.15, 0.2) is 0 Å². The minimum absolute atomic E-state index is 0.609. The lowest BCUT2D eigenvalue weighted by atomic mass is 10.2. The first-order valence-electron chi connectivity index (χ1n) is 5.97. The van der Waals surface area contributed by atoms with Gasteiger partial charge in [0, 0.05) is 9.35 Å². The molecule has 3 N–H and O–H groups in total. The molecule has 1 aromatic heterocycles. The fourth-order valence-corrected chi connectivity index (χ4v) is 2.77. The van der Waals surface area contributed by atoms with Gasteiger partial charge in [0.05, 0.1) is 10.6 Å². The summed E-state index contributed by atoms with van der Waals surface area (Å²) in [5.41, 5.74) is 8.65. The maximum Gasteiger partial charge on any atom is 0.329 e. The van der Waals surface area contributed by atoms with Crippen LogP contribution in [-0.4, -0.2) is 17.5 Å². The van der Waals surface area contributed by atoms with Crippen molar-refractivity contribution in [2.24, 2.45) is 10.8 Å². The van der Waals surface area contributed by atoms with Gasteiger partial charge < -0.3 is 5.73 Å². The molecule has 2 rings (SSSR count). The summed E-state index contributed by atoms with van der Waals surface area (Å²) in [4.78, 5) is 23.6. The fourth-order valence-electron chi connectivity index (χ4n) is 1.55. The van der Waals surface area contributed by atoms with E-state index >= 15 is 0 Å². The molecule has 0 aliphatic heterocycles. The molecule has 0 atom stereocenters. The zero-order valence-corrected chi connectivity index (χ0v) is 13.5. The Morgan fingerprint density at radius 1 is 1.19 bits per heavy atom. The smallest absolute Gasteiger partial charge is 0.329 e. The number of benzene rings is 1. The predicted octanol–water partition coefficient (Wildman–Crippen LogP) is 2.50. The first-order chi connectivity index (χ1) is 9.97. The molecule has 2 aromatic rings. The Hall–Kier alpha value is -1.99. The molecule has 7 heteroatoms. The van der Waals surface area contributed by atoms with E-state index in [1.807, 2.05) is 36.4 Å². The molecular formula is C14H12BrN3O2S. The van der Waals surface area contributed by atoms with Gasteiger partial charge in [0.1, 0.15) is 0 Å². The number of thiophene rings is 1. The topological polar surface area (TPSA) is 84.6 Å². The van der Waals surface area contributed by atoms with Crippen LogP contribution in [0.2, 0.25) is 0 Å². The summed E-state index contributed by atoms with van der Waals surface area (Å²) in [6, 6.07) is 11.9. The van der Waals surface area contributed by atoms with Crippen molar-refractivity contribution in [3.8, 4) is 10.4 Å². The van der Waals surface area contributed by atoms with Gasteiger partial charge in [0.2, 0.25) is 0 Å². The number of hydrogen-bond acceptors (Lipinski definition) is 4. The van der Waals surface area contributed by atoms with E-state index < -0.39 is 11.8 Å². The number of primary amides is 1. The van der Waals surface area contributed by atoms with Crippen LogP contribution in [-0.2, 0) is 9.59 Å². The molecule has 108 valence electrons. The number of amides is 2. The minimum atomic E-state index is -1.06. The van der Waals surface area contributed by atoms with Gasteiger partial charge in [-0.25, -0.2) is 5.43 Å². The first kappa shape index (κ1) is 15.4. The van der Waals surface area contributed by atoms with Gasteiger partial charge in [-0.1, -0.05) is 28.1 Å². The summed E-state index contributed by atoms with van der Waals surface area (Å²) in [6.07, 6.45) is 0. The summed E-state index contributed by atoms with van der Waals surface area (Å²) < 4.78 is 1.02. The second-order valence-corrected chi connectivity index (χ2v) is 6.17. The molecule has 1 aromatic carbocycles. The Balaban J connectivity index is 2.15. The van der Waals surface area contributed by atoms with Crippen LogP contribution in [0.4, 0.5) is 0 Å². The minimum Gasteiger partial charge on any atom is -0.361 e. The van der Waals surface area contributed by atoms with Gasteiger partial charge in [-0.2, -0.15) is 5.10 Å². The second-order valence-electron chi connectivity index (χ2n) is 4.17. The third-order valence-corrected chi connectivity index (χ3v) is 4.41. The molecule has 0 saturated heterocycles. The fraction of sp³-hybridized carbons (Fsp3) is 0.0714. The molecule has 2 amide bonds. The monoisotopic (exact) mass is 365 g/mol. The van der Waals surface area contributed by atoms with Crippen LogP contribution in [0.1, 0.15) is 11.8 Å². The van der Waals surface area contributed by atoms with E-state index in [9.17, 15) is 9.59 Å². The molecule has 0 saturated carbocycles. The zero-order chi connectivity index (χ0) is 15.4. The van der Waals surface area contributed by atoms with Crippen molar-refractivity contribution >= 4 is 44.8 Å². The van der Waals surface area contributed by atoms with E-state index in [1.54, 1.807) is 18.3 Å². The van der Waals surface area contributed by atoms with E-state index in [4.69, 9.17) is 5.73 Å². The second kappa shape index (κ2) is 6.64. The summed E-state index contributed by atoms with van der Waals surface area (Å²) >= 11 is 4.94. The summed E-state index contributed by atoms with van der Waals surface area (Å²) in [5, 5.41) is 3.86. The van der Waals surface area contributed by atoms with Gasteiger partial charge >= 0.3 is 11.8 Å². The van der Waals surface area contributed by atoms with E-state index in [1.165, 1.54) is 0 Å². The van der Waals surface area contributed by atoms with Crippen LogP contribution < -0.4 is 11.2 Å². The molecule has 0 fully saturated rings. The largest absolute Gasteiger partial charge is 0.361 e. The molecule has 5 nitrogen and oxygen atoms in total. The molecule has 0 aliphatic rings. The van der Waals surface area contributed by atoms with Crippen molar-refractivity contribution in [2.75, 3.05) is 0 Å². The van der Waals surface area contributed by atoms with Crippen molar-refractivity contribution < 1.29 is 9.59 Å². The number of nitrogens with one attached hydrogen (secondary N) is 1. The van der Waals surface area contributed by atoms with Gasteiger partial charge in [-0.05, 0) is 36.8 Å². The molecule has 21 heavy (non-hydrogen) atoms. The first-order valence-corrected chi connectivity index (χ1v) is 7.58. The Labute approximate surface area is 134 Å². The summed E-state index contributed by atoms with van der Waals surface area (Å²) in [7, 11) is 0. The van der Waals surface area contributed by atoms with Crippen LogP contribution in [0.3, 0.4) is 0 Å². The maximum atomic E-state index is 11.0. The molecule has 0 radical (unpaired) electrons. The standard InChI is InChI=1S/C14H12BrN3O2S/c1-8(17-18-14(20)13(16)19)11-6-7-12(21-11)9-2-4-10(15)5-3-9/h2-7H,1H3,(H2,16,19)(H,18,20)/b17-8-. The van der Waals surface area contributed by atoms with Crippen molar-refractivity contribution in [1.82, 2.24) is 5.43 Å². The van der Waals surface area contributed by atoms with Crippen LogP contribution in [0, 0.1) is 0 Å². The number of carbonyl (C=O) groups excluding carboxylic acids is 2. The van der Waals surface area contributed by atoms with Crippen LogP contribution >= 0.6 is 27.3 Å².